The Kier molecular flexibility index (Phi) is 8.54. The fourth-order valence-corrected chi connectivity index (χ4v) is 3.62. The fourth-order valence-electron chi connectivity index (χ4n) is 3.30. The summed E-state index contributed by atoms with van der Waals surface area (Å²) in [6.45, 7) is 8.58. The molecule has 2 aromatic carbocycles. The van der Waals surface area contributed by atoms with Gasteiger partial charge in [0.15, 0.2) is 0 Å². The van der Waals surface area contributed by atoms with E-state index < -0.39 is 6.04 Å². The molecular weight excluding hydrogens is 407 g/mol. The summed E-state index contributed by atoms with van der Waals surface area (Å²) < 4.78 is 0. The first-order chi connectivity index (χ1) is 13.8. The number of carbonyl (C=O) groups excluding carboxylic acids is 2. The average Bonchev–Trinajstić information content (AvgIpc) is 2.67. The highest BCUT2D eigenvalue weighted by Gasteiger charge is 2.28. The molecule has 4 nitrogen and oxygen atoms in total. The van der Waals surface area contributed by atoms with E-state index in [0.717, 1.165) is 22.3 Å². The van der Waals surface area contributed by atoms with Gasteiger partial charge in [0.05, 0.1) is 16.5 Å². The first-order valence-corrected chi connectivity index (χ1v) is 10.6. The summed E-state index contributed by atoms with van der Waals surface area (Å²) in [7, 11) is 0. The van der Waals surface area contributed by atoms with Gasteiger partial charge in [-0.2, -0.15) is 0 Å². The van der Waals surface area contributed by atoms with E-state index >= 15 is 0 Å². The summed E-state index contributed by atoms with van der Waals surface area (Å²) in [5, 5.41) is 3.73. The van der Waals surface area contributed by atoms with Crippen molar-refractivity contribution >= 4 is 35.0 Å². The number of halogens is 2. The van der Waals surface area contributed by atoms with Crippen LogP contribution in [0.2, 0.25) is 10.0 Å². The van der Waals surface area contributed by atoms with Gasteiger partial charge >= 0.3 is 0 Å². The molecule has 1 atom stereocenters. The van der Waals surface area contributed by atoms with Crippen LogP contribution in [0.4, 0.5) is 0 Å². The summed E-state index contributed by atoms with van der Waals surface area (Å²) in [6.07, 6.45) is 0.760. The molecule has 29 heavy (non-hydrogen) atoms. The Morgan fingerprint density at radius 3 is 2.38 bits per heavy atom. The fraction of sp³-hybridized carbons (Fsp3) is 0.391. The molecule has 0 fully saturated rings. The predicted octanol–water partition coefficient (Wildman–Crippen LogP) is 5.10. The van der Waals surface area contributed by atoms with Crippen molar-refractivity contribution in [2.75, 3.05) is 6.54 Å². The van der Waals surface area contributed by atoms with Crippen molar-refractivity contribution in [2.45, 2.75) is 53.1 Å². The standard InChI is InChI=1S/C23H28Cl2N2O2/c1-5-21(23(29)26-6-2)27(14-17-9-10-19(24)20(25)12-17)22(28)13-18-11-15(3)7-8-16(18)4/h7-12,21H,5-6,13-14H2,1-4H3,(H,26,29)/t21-/m1/s1. The van der Waals surface area contributed by atoms with Crippen molar-refractivity contribution in [1.29, 1.82) is 0 Å². The number of amides is 2. The third-order valence-corrected chi connectivity index (χ3v) is 5.66. The summed E-state index contributed by atoms with van der Waals surface area (Å²) in [5.74, 6) is -0.243. The molecule has 2 rings (SSSR count). The van der Waals surface area contributed by atoms with Crippen molar-refractivity contribution < 1.29 is 9.59 Å². The van der Waals surface area contributed by atoms with Gasteiger partial charge in [-0.1, -0.05) is 60.0 Å². The molecule has 0 bridgehead atoms. The molecule has 0 aliphatic rings. The van der Waals surface area contributed by atoms with E-state index in [4.69, 9.17) is 23.2 Å². The lowest BCUT2D eigenvalue weighted by atomic mass is 10.0. The van der Waals surface area contributed by atoms with Crippen LogP contribution < -0.4 is 5.32 Å². The zero-order valence-corrected chi connectivity index (χ0v) is 18.9. The number of carbonyl (C=O) groups is 2. The van der Waals surface area contributed by atoms with Gasteiger partial charge in [-0.15, -0.1) is 0 Å². The number of likely N-dealkylation sites (N-methyl/N-ethyl adjacent to an activating group) is 1. The summed E-state index contributed by atoms with van der Waals surface area (Å²) in [6, 6.07) is 10.8. The minimum absolute atomic E-state index is 0.0946. The maximum Gasteiger partial charge on any atom is 0.242 e. The number of hydrogen-bond donors (Lipinski definition) is 1. The van der Waals surface area contributed by atoms with E-state index in [1.165, 1.54) is 0 Å². The van der Waals surface area contributed by atoms with E-state index in [1.807, 2.05) is 52.0 Å². The highest BCUT2D eigenvalue weighted by atomic mass is 35.5. The van der Waals surface area contributed by atoms with Crippen LogP contribution >= 0.6 is 23.2 Å². The first-order valence-electron chi connectivity index (χ1n) is 9.84. The van der Waals surface area contributed by atoms with Crippen LogP contribution in [0.5, 0.6) is 0 Å². The van der Waals surface area contributed by atoms with E-state index in [-0.39, 0.29) is 24.8 Å². The maximum absolute atomic E-state index is 13.3. The molecule has 0 unspecified atom stereocenters. The highest BCUT2D eigenvalue weighted by molar-refractivity contribution is 6.42. The molecule has 2 amide bonds. The van der Waals surface area contributed by atoms with Crippen LogP contribution in [0.15, 0.2) is 36.4 Å². The van der Waals surface area contributed by atoms with Gasteiger partial charge in [0.2, 0.25) is 11.8 Å². The Bertz CT molecular complexity index is 883. The Morgan fingerprint density at radius 2 is 1.76 bits per heavy atom. The summed E-state index contributed by atoms with van der Waals surface area (Å²) in [4.78, 5) is 27.6. The summed E-state index contributed by atoms with van der Waals surface area (Å²) >= 11 is 12.2. The molecule has 0 aromatic heterocycles. The largest absolute Gasteiger partial charge is 0.355 e. The second kappa shape index (κ2) is 10.7. The first kappa shape index (κ1) is 23.2. The van der Waals surface area contributed by atoms with Crippen molar-refractivity contribution in [3.05, 3.63) is 68.7 Å². The van der Waals surface area contributed by atoms with Gasteiger partial charge in [0, 0.05) is 13.1 Å². The number of benzene rings is 2. The normalized spacial score (nSPS) is 11.8. The van der Waals surface area contributed by atoms with E-state index in [2.05, 4.69) is 5.32 Å². The number of rotatable bonds is 8. The van der Waals surface area contributed by atoms with Gasteiger partial charge in [0.1, 0.15) is 6.04 Å². The van der Waals surface area contributed by atoms with Crippen molar-refractivity contribution in [2.24, 2.45) is 0 Å². The number of aryl methyl sites for hydroxylation is 2. The van der Waals surface area contributed by atoms with Crippen molar-refractivity contribution in [3.8, 4) is 0 Å². The molecule has 0 saturated heterocycles. The van der Waals surface area contributed by atoms with Crippen LogP contribution in [0.25, 0.3) is 0 Å². The van der Waals surface area contributed by atoms with Gasteiger partial charge in [0.25, 0.3) is 0 Å². The lowest BCUT2D eigenvalue weighted by molar-refractivity contribution is -0.140. The zero-order chi connectivity index (χ0) is 21.6. The topological polar surface area (TPSA) is 49.4 Å². The number of hydrogen-bond acceptors (Lipinski definition) is 2. The second-order valence-electron chi connectivity index (χ2n) is 7.20. The Balaban J connectivity index is 2.36. The monoisotopic (exact) mass is 434 g/mol. The molecule has 6 heteroatoms. The third-order valence-electron chi connectivity index (χ3n) is 4.92. The lowest BCUT2D eigenvalue weighted by Crippen LogP contribution is -2.49. The summed E-state index contributed by atoms with van der Waals surface area (Å²) in [5.41, 5.74) is 3.96. The van der Waals surface area contributed by atoms with Gasteiger partial charge in [-0.05, 0) is 56.0 Å². The SMILES string of the molecule is CCNC(=O)[C@@H](CC)N(Cc1ccc(Cl)c(Cl)c1)C(=O)Cc1cc(C)ccc1C. The van der Waals surface area contributed by atoms with Gasteiger partial charge in [-0.25, -0.2) is 0 Å². The average molecular weight is 435 g/mol. The smallest absolute Gasteiger partial charge is 0.242 e. The van der Waals surface area contributed by atoms with E-state index in [9.17, 15) is 9.59 Å². The van der Waals surface area contributed by atoms with Crippen LogP contribution in [0.1, 0.15) is 42.5 Å². The Hall–Kier alpha value is -2.04. The van der Waals surface area contributed by atoms with Crippen LogP contribution in [0.3, 0.4) is 0 Å². The second-order valence-corrected chi connectivity index (χ2v) is 8.01. The molecule has 0 radical (unpaired) electrons. The molecule has 2 aromatic rings. The molecule has 0 saturated carbocycles. The van der Waals surface area contributed by atoms with Gasteiger partial charge in [-0.3, -0.25) is 9.59 Å². The predicted molar refractivity (Wildman–Crippen MR) is 119 cm³/mol. The molecule has 156 valence electrons. The minimum Gasteiger partial charge on any atom is -0.355 e. The van der Waals surface area contributed by atoms with Crippen molar-refractivity contribution in [1.82, 2.24) is 10.2 Å². The van der Waals surface area contributed by atoms with Crippen LogP contribution in [-0.2, 0) is 22.6 Å². The molecule has 0 spiro atoms. The van der Waals surface area contributed by atoms with Crippen molar-refractivity contribution in [3.63, 3.8) is 0 Å². The lowest BCUT2D eigenvalue weighted by Gasteiger charge is -2.31. The maximum atomic E-state index is 13.3. The molecule has 1 N–H and O–H groups in total. The number of nitrogens with one attached hydrogen (secondary N) is 1. The molecular formula is C23H28Cl2N2O2. The number of nitrogens with zero attached hydrogens (tertiary/aromatic N) is 1. The zero-order valence-electron chi connectivity index (χ0n) is 17.4. The molecule has 0 heterocycles. The highest BCUT2D eigenvalue weighted by Crippen LogP contribution is 2.24. The van der Waals surface area contributed by atoms with Crippen LogP contribution in [-0.4, -0.2) is 29.3 Å². The Morgan fingerprint density at radius 1 is 1.03 bits per heavy atom. The van der Waals surface area contributed by atoms with Crippen LogP contribution in [0, 0.1) is 13.8 Å². The van der Waals surface area contributed by atoms with Gasteiger partial charge < -0.3 is 10.2 Å². The minimum atomic E-state index is -0.554. The molecule has 0 aliphatic carbocycles. The third kappa shape index (κ3) is 6.22. The Labute approximate surface area is 183 Å². The van der Waals surface area contributed by atoms with E-state index in [1.54, 1.807) is 17.0 Å². The quantitative estimate of drug-likeness (QED) is 0.628. The molecule has 0 aliphatic heterocycles. The van der Waals surface area contributed by atoms with E-state index in [0.29, 0.717) is 23.0 Å².